The van der Waals surface area contributed by atoms with Crippen molar-refractivity contribution in [1.82, 2.24) is 0 Å². The molecule has 0 saturated heterocycles. The highest BCUT2D eigenvalue weighted by molar-refractivity contribution is 7.91. The van der Waals surface area contributed by atoms with Crippen molar-refractivity contribution in [3.8, 4) is 0 Å². The van der Waals surface area contributed by atoms with Gasteiger partial charge in [-0.15, -0.1) is 0 Å². The van der Waals surface area contributed by atoms with Gasteiger partial charge in [0.25, 0.3) is 0 Å². The van der Waals surface area contributed by atoms with Gasteiger partial charge in [-0.1, -0.05) is 12.1 Å². The third kappa shape index (κ3) is 2.60. The van der Waals surface area contributed by atoms with E-state index in [9.17, 15) is 12.8 Å². The van der Waals surface area contributed by atoms with Crippen molar-refractivity contribution in [2.24, 2.45) is 11.1 Å². The van der Waals surface area contributed by atoms with Crippen LogP contribution in [0.2, 0.25) is 0 Å². The SMILES string of the molecule is CCOC[C@@]1(CN)[C@H](c2ccc(F)cc2)[C@@H]1S(C)(=O)=O. The van der Waals surface area contributed by atoms with Gasteiger partial charge in [0, 0.05) is 30.7 Å². The zero-order valence-electron chi connectivity index (χ0n) is 11.7. The summed E-state index contributed by atoms with van der Waals surface area (Å²) in [6, 6.07) is 5.94. The summed E-state index contributed by atoms with van der Waals surface area (Å²) in [6.45, 7) is 2.90. The maximum atomic E-state index is 13.0. The monoisotopic (exact) mass is 301 g/mol. The second-order valence-corrected chi connectivity index (χ2v) is 7.52. The van der Waals surface area contributed by atoms with Crippen molar-refractivity contribution >= 4 is 9.84 Å². The van der Waals surface area contributed by atoms with Gasteiger partial charge in [-0.05, 0) is 24.6 Å². The van der Waals surface area contributed by atoms with Crippen molar-refractivity contribution in [3.05, 3.63) is 35.6 Å². The van der Waals surface area contributed by atoms with Gasteiger partial charge in [0.1, 0.15) is 5.82 Å². The summed E-state index contributed by atoms with van der Waals surface area (Å²) in [6.07, 6.45) is 1.22. The number of hydrogen-bond donors (Lipinski definition) is 1. The molecule has 2 N–H and O–H groups in total. The normalized spacial score (nSPS) is 29.4. The lowest BCUT2D eigenvalue weighted by Gasteiger charge is -2.15. The van der Waals surface area contributed by atoms with Gasteiger partial charge < -0.3 is 10.5 Å². The Bertz CT molecular complexity index is 573. The van der Waals surface area contributed by atoms with Crippen LogP contribution < -0.4 is 5.73 Å². The van der Waals surface area contributed by atoms with Crippen molar-refractivity contribution < 1.29 is 17.5 Å². The Morgan fingerprint density at radius 3 is 2.40 bits per heavy atom. The van der Waals surface area contributed by atoms with Gasteiger partial charge in [-0.2, -0.15) is 0 Å². The number of halogens is 1. The average molecular weight is 301 g/mol. The summed E-state index contributed by atoms with van der Waals surface area (Å²) >= 11 is 0. The van der Waals surface area contributed by atoms with Crippen LogP contribution in [-0.2, 0) is 14.6 Å². The molecule has 0 aliphatic heterocycles. The van der Waals surface area contributed by atoms with E-state index >= 15 is 0 Å². The first kappa shape index (κ1) is 15.4. The van der Waals surface area contributed by atoms with Crippen LogP contribution in [0, 0.1) is 11.2 Å². The van der Waals surface area contributed by atoms with E-state index in [0.717, 1.165) is 5.56 Å². The molecular formula is C14H20FNO3S. The molecule has 0 radical (unpaired) electrons. The second kappa shape index (κ2) is 5.42. The fraction of sp³-hybridized carbons (Fsp3) is 0.571. The van der Waals surface area contributed by atoms with Gasteiger partial charge in [0.2, 0.25) is 0 Å². The van der Waals surface area contributed by atoms with E-state index in [4.69, 9.17) is 10.5 Å². The highest BCUT2D eigenvalue weighted by Gasteiger charge is 2.69. The molecule has 2 rings (SSSR count). The Kier molecular flexibility index (Phi) is 4.18. The fourth-order valence-electron chi connectivity index (χ4n) is 3.07. The predicted octanol–water partition coefficient (Wildman–Crippen LogP) is 1.32. The lowest BCUT2D eigenvalue weighted by atomic mass is 10.00. The molecule has 1 aromatic rings. The van der Waals surface area contributed by atoms with E-state index in [1.165, 1.54) is 18.4 Å². The Hall–Kier alpha value is -0.980. The molecule has 1 aliphatic carbocycles. The molecule has 3 atom stereocenters. The number of hydrogen-bond acceptors (Lipinski definition) is 4. The van der Waals surface area contributed by atoms with Crippen molar-refractivity contribution in [3.63, 3.8) is 0 Å². The predicted molar refractivity (Wildman–Crippen MR) is 75.8 cm³/mol. The van der Waals surface area contributed by atoms with Crippen LogP contribution in [0.1, 0.15) is 18.4 Å². The zero-order valence-corrected chi connectivity index (χ0v) is 12.5. The quantitative estimate of drug-likeness (QED) is 0.860. The number of nitrogens with two attached hydrogens (primary N) is 1. The van der Waals surface area contributed by atoms with E-state index in [0.29, 0.717) is 13.2 Å². The summed E-state index contributed by atoms with van der Waals surface area (Å²) in [5, 5.41) is -0.558. The van der Waals surface area contributed by atoms with Crippen molar-refractivity contribution in [2.75, 3.05) is 26.0 Å². The fourth-order valence-corrected chi connectivity index (χ4v) is 5.08. The minimum absolute atomic E-state index is 0.227. The van der Waals surface area contributed by atoms with E-state index in [1.807, 2.05) is 6.92 Å². The molecule has 1 fully saturated rings. The smallest absolute Gasteiger partial charge is 0.151 e. The second-order valence-electron chi connectivity index (χ2n) is 5.35. The van der Waals surface area contributed by atoms with E-state index in [2.05, 4.69) is 0 Å². The van der Waals surface area contributed by atoms with E-state index in [1.54, 1.807) is 12.1 Å². The van der Waals surface area contributed by atoms with Crippen molar-refractivity contribution in [1.29, 1.82) is 0 Å². The number of benzene rings is 1. The van der Waals surface area contributed by atoms with Crippen LogP contribution in [0.15, 0.2) is 24.3 Å². The standard InChI is InChI=1S/C14H20FNO3S/c1-3-19-9-14(8-16)12(13(14)20(2,17)18)10-4-6-11(15)7-5-10/h4-7,12-13H,3,8-9,16H2,1-2H3/t12-,13+,14+/m1/s1. The molecule has 0 amide bonds. The molecule has 112 valence electrons. The summed E-state index contributed by atoms with van der Waals surface area (Å²) in [5.41, 5.74) is 6.04. The molecule has 6 heteroatoms. The molecule has 4 nitrogen and oxygen atoms in total. The third-order valence-electron chi connectivity index (χ3n) is 4.02. The van der Waals surface area contributed by atoms with Gasteiger partial charge in [-0.25, -0.2) is 12.8 Å². The molecular weight excluding hydrogens is 281 g/mol. The highest BCUT2D eigenvalue weighted by atomic mass is 32.2. The average Bonchev–Trinajstić information content (AvgIpc) is 3.07. The van der Waals surface area contributed by atoms with Crippen molar-refractivity contribution in [2.45, 2.75) is 18.1 Å². The van der Waals surface area contributed by atoms with Gasteiger partial charge in [0.15, 0.2) is 9.84 Å². The minimum atomic E-state index is -3.24. The molecule has 20 heavy (non-hydrogen) atoms. The topological polar surface area (TPSA) is 69.4 Å². The number of ether oxygens (including phenoxy) is 1. The molecule has 0 heterocycles. The first-order valence-corrected chi connectivity index (χ1v) is 8.54. The number of rotatable bonds is 6. The van der Waals surface area contributed by atoms with E-state index in [-0.39, 0.29) is 18.3 Å². The molecule has 1 aliphatic rings. The highest BCUT2D eigenvalue weighted by Crippen LogP contribution is 2.62. The van der Waals surface area contributed by atoms with Gasteiger partial charge in [0.05, 0.1) is 11.9 Å². The molecule has 0 spiro atoms. The van der Waals surface area contributed by atoms with Crippen LogP contribution >= 0.6 is 0 Å². The van der Waals surface area contributed by atoms with Gasteiger partial charge >= 0.3 is 0 Å². The Balaban J connectivity index is 2.36. The third-order valence-corrected chi connectivity index (χ3v) is 5.69. The lowest BCUT2D eigenvalue weighted by molar-refractivity contribution is 0.101. The summed E-state index contributed by atoms with van der Waals surface area (Å²) in [7, 11) is -3.24. The summed E-state index contributed by atoms with van der Waals surface area (Å²) < 4.78 is 42.4. The summed E-state index contributed by atoms with van der Waals surface area (Å²) in [4.78, 5) is 0. The van der Waals surface area contributed by atoms with Crippen LogP contribution in [0.25, 0.3) is 0 Å². The Labute approximate surface area is 119 Å². The van der Waals surface area contributed by atoms with Crippen LogP contribution in [0.4, 0.5) is 4.39 Å². The van der Waals surface area contributed by atoms with Crippen LogP contribution in [0.3, 0.4) is 0 Å². The molecule has 0 aromatic heterocycles. The molecule has 0 unspecified atom stereocenters. The van der Waals surface area contributed by atoms with Crippen LogP contribution in [0.5, 0.6) is 0 Å². The molecule has 1 aromatic carbocycles. The Morgan fingerprint density at radius 2 is 1.95 bits per heavy atom. The van der Waals surface area contributed by atoms with Crippen LogP contribution in [-0.4, -0.2) is 39.7 Å². The van der Waals surface area contributed by atoms with E-state index < -0.39 is 20.5 Å². The lowest BCUT2D eigenvalue weighted by Crippen LogP contribution is -2.28. The maximum Gasteiger partial charge on any atom is 0.151 e. The largest absolute Gasteiger partial charge is 0.381 e. The Morgan fingerprint density at radius 1 is 1.35 bits per heavy atom. The zero-order chi connectivity index (χ0) is 15.0. The number of sulfone groups is 1. The van der Waals surface area contributed by atoms with Gasteiger partial charge in [-0.3, -0.25) is 0 Å². The first-order valence-electron chi connectivity index (χ1n) is 6.59. The molecule has 1 saturated carbocycles. The minimum Gasteiger partial charge on any atom is -0.381 e. The summed E-state index contributed by atoms with van der Waals surface area (Å²) in [5.74, 6) is -0.567. The maximum absolute atomic E-state index is 13.0. The first-order chi connectivity index (χ1) is 9.36. The molecule has 0 bridgehead atoms.